The van der Waals surface area contributed by atoms with Crippen molar-refractivity contribution in [2.75, 3.05) is 5.32 Å². The fraction of sp³-hybridized carbons (Fsp3) is 0.0526. The predicted molar refractivity (Wildman–Crippen MR) is 95.8 cm³/mol. The fourth-order valence-electron chi connectivity index (χ4n) is 2.67. The molecule has 0 saturated carbocycles. The molecule has 130 valence electrons. The highest BCUT2D eigenvalue weighted by atomic mass is 35.5. The van der Waals surface area contributed by atoms with Crippen LogP contribution in [-0.2, 0) is 0 Å². The molecule has 0 unspecified atom stereocenters. The maximum absolute atomic E-state index is 13.0. The number of benzene rings is 2. The van der Waals surface area contributed by atoms with E-state index in [-0.39, 0.29) is 17.5 Å². The normalized spacial score (nSPS) is 11.0. The molecule has 0 saturated heterocycles. The van der Waals surface area contributed by atoms with Crippen LogP contribution in [-0.4, -0.2) is 11.1 Å². The number of aryl methyl sites for hydroxylation is 1. The first-order valence-electron chi connectivity index (χ1n) is 7.74. The van der Waals surface area contributed by atoms with Gasteiger partial charge in [0.05, 0.1) is 0 Å². The van der Waals surface area contributed by atoms with Crippen LogP contribution in [0.25, 0.3) is 22.2 Å². The summed E-state index contributed by atoms with van der Waals surface area (Å²) in [4.78, 5) is 12.5. The molecule has 2 aromatic carbocycles. The van der Waals surface area contributed by atoms with Gasteiger partial charge in [-0.25, -0.2) is 4.39 Å². The SMILES string of the molecule is Cc1c(C(=O)Nc2cc(-c3ccc(F)cc3)no2)oc2ccc(Cl)cc12. The molecule has 5 nitrogen and oxygen atoms in total. The molecule has 2 aromatic heterocycles. The third kappa shape index (κ3) is 2.95. The molecule has 0 aliphatic rings. The minimum absolute atomic E-state index is 0.159. The predicted octanol–water partition coefficient (Wildman–Crippen LogP) is 5.44. The van der Waals surface area contributed by atoms with Crippen molar-refractivity contribution in [3.63, 3.8) is 0 Å². The van der Waals surface area contributed by atoms with Gasteiger partial charge >= 0.3 is 0 Å². The number of aromatic nitrogens is 1. The Balaban J connectivity index is 1.59. The quantitative estimate of drug-likeness (QED) is 0.521. The van der Waals surface area contributed by atoms with Crippen LogP contribution in [0, 0.1) is 12.7 Å². The minimum Gasteiger partial charge on any atom is -0.451 e. The summed E-state index contributed by atoms with van der Waals surface area (Å²) < 4.78 is 23.8. The minimum atomic E-state index is -0.461. The Morgan fingerprint density at radius 3 is 2.69 bits per heavy atom. The van der Waals surface area contributed by atoms with Crippen LogP contribution in [0.2, 0.25) is 5.02 Å². The van der Waals surface area contributed by atoms with E-state index in [4.69, 9.17) is 20.5 Å². The zero-order chi connectivity index (χ0) is 18.3. The zero-order valence-corrected chi connectivity index (χ0v) is 14.3. The summed E-state index contributed by atoms with van der Waals surface area (Å²) in [6, 6.07) is 12.5. The molecule has 0 bridgehead atoms. The summed E-state index contributed by atoms with van der Waals surface area (Å²) >= 11 is 5.99. The van der Waals surface area contributed by atoms with E-state index in [2.05, 4.69) is 10.5 Å². The number of furan rings is 1. The average Bonchev–Trinajstić information content (AvgIpc) is 3.21. The Morgan fingerprint density at radius 2 is 1.92 bits per heavy atom. The zero-order valence-electron chi connectivity index (χ0n) is 13.5. The summed E-state index contributed by atoms with van der Waals surface area (Å²) in [5.74, 6) is -0.475. The van der Waals surface area contributed by atoms with E-state index in [9.17, 15) is 9.18 Å². The standard InChI is InChI=1S/C19H12ClFN2O3/c1-10-14-8-12(20)4-7-16(14)25-18(10)19(24)22-17-9-15(23-26-17)11-2-5-13(21)6-3-11/h2-9H,1H3,(H,22,24). The number of amides is 1. The van der Waals surface area contributed by atoms with Crippen molar-refractivity contribution >= 4 is 34.4 Å². The number of hydrogen-bond acceptors (Lipinski definition) is 4. The lowest BCUT2D eigenvalue weighted by Crippen LogP contribution is -2.11. The second-order valence-corrected chi connectivity index (χ2v) is 6.17. The third-order valence-electron chi connectivity index (χ3n) is 3.99. The Morgan fingerprint density at radius 1 is 1.15 bits per heavy atom. The first-order chi connectivity index (χ1) is 12.5. The van der Waals surface area contributed by atoms with Crippen molar-refractivity contribution < 1.29 is 18.1 Å². The van der Waals surface area contributed by atoms with E-state index >= 15 is 0 Å². The molecule has 4 aromatic rings. The Labute approximate surface area is 152 Å². The van der Waals surface area contributed by atoms with Crippen molar-refractivity contribution in [3.05, 3.63) is 70.7 Å². The van der Waals surface area contributed by atoms with Gasteiger partial charge in [-0.05, 0) is 49.4 Å². The Bertz CT molecular complexity index is 1120. The van der Waals surface area contributed by atoms with Crippen molar-refractivity contribution in [3.8, 4) is 11.3 Å². The molecule has 0 spiro atoms. The average molecular weight is 371 g/mol. The number of nitrogens with zero attached hydrogens (tertiary/aromatic N) is 1. The molecule has 4 rings (SSSR count). The van der Waals surface area contributed by atoms with Crippen LogP contribution < -0.4 is 5.32 Å². The van der Waals surface area contributed by atoms with Gasteiger partial charge in [0.25, 0.3) is 5.91 Å². The molecule has 0 aliphatic carbocycles. The number of fused-ring (bicyclic) bond motifs is 1. The van der Waals surface area contributed by atoms with Crippen molar-refractivity contribution in [1.29, 1.82) is 0 Å². The van der Waals surface area contributed by atoms with Gasteiger partial charge in [-0.2, -0.15) is 0 Å². The molecular weight excluding hydrogens is 359 g/mol. The molecule has 0 fully saturated rings. The molecule has 26 heavy (non-hydrogen) atoms. The first-order valence-corrected chi connectivity index (χ1v) is 8.12. The molecule has 0 radical (unpaired) electrons. The molecule has 1 amide bonds. The number of carbonyl (C=O) groups excluding carboxylic acids is 1. The molecule has 0 atom stereocenters. The fourth-order valence-corrected chi connectivity index (χ4v) is 2.84. The van der Waals surface area contributed by atoms with E-state index in [1.807, 2.05) is 0 Å². The van der Waals surface area contributed by atoms with E-state index < -0.39 is 5.91 Å². The highest BCUT2D eigenvalue weighted by molar-refractivity contribution is 6.31. The van der Waals surface area contributed by atoms with Crippen LogP contribution in [0.1, 0.15) is 16.1 Å². The topological polar surface area (TPSA) is 68.3 Å². The summed E-state index contributed by atoms with van der Waals surface area (Å²) in [7, 11) is 0. The lowest BCUT2D eigenvalue weighted by atomic mass is 10.1. The van der Waals surface area contributed by atoms with Crippen molar-refractivity contribution in [2.45, 2.75) is 6.92 Å². The van der Waals surface area contributed by atoms with Gasteiger partial charge in [0, 0.05) is 27.6 Å². The highest BCUT2D eigenvalue weighted by Gasteiger charge is 2.19. The van der Waals surface area contributed by atoms with Crippen molar-refractivity contribution in [2.24, 2.45) is 0 Å². The van der Waals surface area contributed by atoms with Gasteiger partial charge in [-0.3, -0.25) is 10.1 Å². The second-order valence-electron chi connectivity index (χ2n) is 5.73. The summed E-state index contributed by atoms with van der Waals surface area (Å²) in [6.45, 7) is 1.78. The third-order valence-corrected chi connectivity index (χ3v) is 4.23. The van der Waals surface area contributed by atoms with Crippen LogP contribution in [0.15, 0.2) is 57.5 Å². The van der Waals surface area contributed by atoms with Gasteiger partial charge < -0.3 is 8.94 Å². The van der Waals surface area contributed by atoms with E-state index in [1.54, 1.807) is 43.3 Å². The number of anilines is 1. The monoisotopic (exact) mass is 370 g/mol. The lowest BCUT2D eigenvalue weighted by molar-refractivity contribution is 0.0994. The molecule has 7 heteroatoms. The second kappa shape index (κ2) is 6.31. The van der Waals surface area contributed by atoms with Crippen LogP contribution in [0.5, 0.6) is 0 Å². The van der Waals surface area contributed by atoms with Crippen LogP contribution in [0.4, 0.5) is 10.3 Å². The molecule has 1 N–H and O–H groups in total. The van der Waals surface area contributed by atoms with Gasteiger partial charge in [0.2, 0.25) is 5.88 Å². The van der Waals surface area contributed by atoms with E-state index in [0.717, 1.165) is 5.39 Å². The van der Waals surface area contributed by atoms with Crippen LogP contribution in [0.3, 0.4) is 0 Å². The van der Waals surface area contributed by atoms with Gasteiger partial charge in [0.15, 0.2) is 5.76 Å². The van der Waals surface area contributed by atoms with Crippen molar-refractivity contribution in [1.82, 2.24) is 5.16 Å². The summed E-state index contributed by atoms with van der Waals surface area (Å²) in [6.07, 6.45) is 0. The number of rotatable bonds is 3. The maximum Gasteiger partial charge on any atom is 0.294 e. The van der Waals surface area contributed by atoms with Gasteiger partial charge in [-0.15, -0.1) is 0 Å². The Hall–Kier alpha value is -3.12. The highest BCUT2D eigenvalue weighted by Crippen LogP contribution is 2.29. The molecular formula is C19H12ClFN2O3. The van der Waals surface area contributed by atoms with E-state index in [1.165, 1.54) is 12.1 Å². The van der Waals surface area contributed by atoms with Crippen LogP contribution >= 0.6 is 11.6 Å². The number of nitrogens with one attached hydrogen (secondary N) is 1. The number of halogens is 2. The summed E-state index contributed by atoms with van der Waals surface area (Å²) in [5, 5.41) is 7.82. The summed E-state index contributed by atoms with van der Waals surface area (Å²) in [5.41, 5.74) is 2.40. The number of hydrogen-bond donors (Lipinski definition) is 1. The first kappa shape index (κ1) is 16.4. The largest absolute Gasteiger partial charge is 0.451 e. The molecule has 2 heterocycles. The Kier molecular flexibility index (Phi) is 3.97. The smallest absolute Gasteiger partial charge is 0.294 e. The van der Waals surface area contributed by atoms with Gasteiger partial charge in [0.1, 0.15) is 17.1 Å². The molecule has 0 aliphatic heterocycles. The lowest BCUT2D eigenvalue weighted by Gasteiger charge is -1.98. The maximum atomic E-state index is 13.0. The van der Waals surface area contributed by atoms with E-state index in [0.29, 0.717) is 27.4 Å². The number of carbonyl (C=O) groups is 1. The van der Waals surface area contributed by atoms with Gasteiger partial charge in [-0.1, -0.05) is 16.8 Å².